The maximum atomic E-state index is 10.6. The van der Waals surface area contributed by atoms with Crippen molar-refractivity contribution in [3.05, 3.63) is 54.5 Å². The van der Waals surface area contributed by atoms with Crippen molar-refractivity contribution in [2.24, 2.45) is 0 Å². The molecule has 2 fully saturated rings. The van der Waals surface area contributed by atoms with Gasteiger partial charge in [0, 0.05) is 65.8 Å². The molecule has 0 radical (unpaired) electrons. The van der Waals surface area contributed by atoms with E-state index in [1.165, 1.54) is 23.8 Å². The summed E-state index contributed by atoms with van der Waals surface area (Å²) in [5, 5.41) is 14.0. The van der Waals surface area contributed by atoms with Gasteiger partial charge in [0.2, 0.25) is 0 Å². The number of pyridine rings is 2. The molecule has 4 aromatic heterocycles. The average Bonchev–Trinajstić information content (AvgIpc) is 3.72. The lowest BCUT2D eigenvalue weighted by Crippen LogP contribution is -2.44. The van der Waals surface area contributed by atoms with E-state index in [2.05, 4.69) is 43.4 Å². The highest BCUT2D eigenvalue weighted by Crippen LogP contribution is 2.45. The predicted molar refractivity (Wildman–Crippen MR) is 141 cm³/mol. The van der Waals surface area contributed by atoms with Crippen molar-refractivity contribution in [3.8, 4) is 11.4 Å². The van der Waals surface area contributed by atoms with E-state index in [9.17, 15) is 13.2 Å². The minimum atomic E-state index is -5.08. The Morgan fingerprint density at radius 2 is 1.77 bits per heavy atom. The fourth-order valence-corrected chi connectivity index (χ4v) is 4.97. The molecule has 39 heavy (non-hydrogen) atoms. The van der Waals surface area contributed by atoms with Gasteiger partial charge in [0.15, 0.2) is 5.82 Å². The Morgan fingerprint density at radius 3 is 2.49 bits per heavy atom. The molecule has 1 saturated heterocycles. The van der Waals surface area contributed by atoms with Crippen LogP contribution in [-0.4, -0.2) is 68.4 Å². The second kappa shape index (κ2) is 9.77. The van der Waals surface area contributed by atoms with Crippen LogP contribution < -0.4 is 10.2 Å². The maximum Gasteiger partial charge on any atom is 0.490 e. The molecule has 7 rings (SSSR count). The lowest BCUT2D eigenvalue weighted by Gasteiger charge is -2.30. The smallest absolute Gasteiger partial charge is 0.475 e. The number of aromatic amines is 1. The molecule has 12 heteroatoms. The third-order valence-corrected chi connectivity index (χ3v) is 6.93. The molecular weight excluding hydrogens is 511 g/mol. The van der Waals surface area contributed by atoms with Crippen molar-refractivity contribution in [2.75, 3.05) is 31.1 Å². The molecule has 1 aliphatic carbocycles. The molecule has 5 aromatic rings. The van der Waals surface area contributed by atoms with Crippen LogP contribution >= 0.6 is 0 Å². The fourth-order valence-electron chi connectivity index (χ4n) is 4.97. The Hall–Kier alpha value is -4.32. The first-order valence-corrected chi connectivity index (χ1v) is 12.6. The summed E-state index contributed by atoms with van der Waals surface area (Å²) < 4.78 is 31.7. The Kier molecular flexibility index (Phi) is 6.26. The van der Waals surface area contributed by atoms with E-state index < -0.39 is 12.1 Å². The summed E-state index contributed by atoms with van der Waals surface area (Å²) in [5.41, 5.74) is 5.17. The highest BCUT2D eigenvalue weighted by Gasteiger charge is 2.38. The molecule has 1 aromatic carbocycles. The number of carboxylic acid groups (broad SMARTS) is 1. The molecule has 0 amide bonds. The molecule has 1 aliphatic heterocycles. The number of hydrogen-bond donors (Lipinski definition) is 3. The Bertz CT molecular complexity index is 1690. The van der Waals surface area contributed by atoms with Gasteiger partial charge in [-0.05, 0) is 36.5 Å². The van der Waals surface area contributed by atoms with Crippen molar-refractivity contribution in [1.29, 1.82) is 0 Å². The van der Waals surface area contributed by atoms with Gasteiger partial charge in [0.05, 0.1) is 11.7 Å². The molecule has 0 spiro atoms. The number of carboxylic acids is 1. The van der Waals surface area contributed by atoms with Crippen LogP contribution in [0.15, 0.2) is 48.9 Å². The first kappa shape index (κ1) is 25.0. The number of aromatic nitrogens is 5. The highest BCUT2D eigenvalue weighted by molar-refractivity contribution is 6.12. The molecule has 3 N–H and O–H groups in total. The summed E-state index contributed by atoms with van der Waals surface area (Å²) in [7, 11) is 0. The molecular formula is C27H24F3N7O2. The zero-order valence-electron chi connectivity index (χ0n) is 20.7. The maximum absolute atomic E-state index is 10.6. The van der Waals surface area contributed by atoms with E-state index in [1.54, 1.807) is 0 Å². The monoisotopic (exact) mass is 535 g/mol. The standard InChI is InChI=1S/C25H23N7.C2HF3O2/c1-2-4-19-16(3-1)21-17(7-8-28-24(21)29-19)23-30-20-14-27-13-18(15-5-6-15)22(20)25(31-23)32-11-9-26-10-12-32;3-2(4,5)1(6)7/h1-4,7-8,13-15,26H,5-6,9-12H2,(H,28,29);(H,6,7). The summed E-state index contributed by atoms with van der Waals surface area (Å²) in [6.07, 6.45) is 3.13. The van der Waals surface area contributed by atoms with E-state index in [0.29, 0.717) is 5.92 Å². The molecule has 0 unspecified atom stereocenters. The third-order valence-electron chi connectivity index (χ3n) is 6.93. The van der Waals surface area contributed by atoms with Gasteiger partial charge in [0.25, 0.3) is 0 Å². The number of H-pyrrole nitrogens is 1. The average molecular weight is 536 g/mol. The topological polar surface area (TPSA) is 120 Å². The van der Waals surface area contributed by atoms with Gasteiger partial charge in [0.1, 0.15) is 11.5 Å². The predicted octanol–water partition coefficient (Wildman–Crippen LogP) is 4.64. The van der Waals surface area contributed by atoms with E-state index in [1.807, 2.05) is 30.7 Å². The van der Waals surface area contributed by atoms with Crippen LogP contribution in [0.1, 0.15) is 24.3 Å². The number of aliphatic carboxylic acids is 1. The van der Waals surface area contributed by atoms with Crippen molar-refractivity contribution in [3.63, 3.8) is 0 Å². The number of para-hydroxylation sites is 1. The lowest BCUT2D eigenvalue weighted by atomic mass is 10.1. The van der Waals surface area contributed by atoms with Crippen LogP contribution in [0.4, 0.5) is 19.0 Å². The largest absolute Gasteiger partial charge is 0.490 e. The quantitative estimate of drug-likeness (QED) is 0.306. The summed E-state index contributed by atoms with van der Waals surface area (Å²) in [5.74, 6) is -0.394. The number of anilines is 1. The van der Waals surface area contributed by atoms with E-state index >= 15 is 0 Å². The molecule has 9 nitrogen and oxygen atoms in total. The molecule has 5 heterocycles. The summed E-state index contributed by atoms with van der Waals surface area (Å²) in [6, 6.07) is 10.3. The second-order valence-electron chi connectivity index (χ2n) is 9.56. The van der Waals surface area contributed by atoms with Gasteiger partial charge in [-0.2, -0.15) is 13.2 Å². The van der Waals surface area contributed by atoms with Gasteiger partial charge < -0.3 is 20.3 Å². The summed E-state index contributed by atoms with van der Waals surface area (Å²) in [6.45, 7) is 3.81. The molecule has 2 aliphatic rings. The molecule has 0 atom stereocenters. The van der Waals surface area contributed by atoms with Crippen molar-refractivity contribution in [2.45, 2.75) is 24.9 Å². The zero-order chi connectivity index (χ0) is 27.1. The van der Waals surface area contributed by atoms with Gasteiger partial charge in [-0.25, -0.2) is 19.7 Å². The van der Waals surface area contributed by atoms with Gasteiger partial charge in [-0.1, -0.05) is 18.2 Å². The minimum Gasteiger partial charge on any atom is -0.475 e. The zero-order valence-corrected chi connectivity index (χ0v) is 20.7. The normalized spacial score (nSPS) is 15.9. The number of nitrogens with one attached hydrogen (secondary N) is 2. The minimum absolute atomic E-state index is 0.587. The van der Waals surface area contributed by atoms with Crippen LogP contribution in [0.5, 0.6) is 0 Å². The highest BCUT2D eigenvalue weighted by atomic mass is 19.4. The number of benzene rings is 1. The van der Waals surface area contributed by atoms with E-state index in [-0.39, 0.29) is 0 Å². The molecule has 200 valence electrons. The first-order valence-electron chi connectivity index (χ1n) is 12.6. The van der Waals surface area contributed by atoms with Crippen LogP contribution in [0.25, 0.3) is 44.2 Å². The van der Waals surface area contributed by atoms with E-state index in [4.69, 9.17) is 19.9 Å². The number of carbonyl (C=O) groups is 1. The Labute approximate surface area is 220 Å². The Morgan fingerprint density at radius 1 is 1.03 bits per heavy atom. The van der Waals surface area contributed by atoms with Crippen molar-refractivity contribution < 1.29 is 23.1 Å². The third kappa shape index (κ3) is 4.83. The number of rotatable bonds is 3. The van der Waals surface area contributed by atoms with Crippen LogP contribution in [0.2, 0.25) is 0 Å². The number of halogens is 3. The number of piperazine rings is 1. The van der Waals surface area contributed by atoms with Crippen LogP contribution in [0, 0.1) is 0 Å². The SMILES string of the molecule is O=C(O)C(F)(F)F.c1ccc2c(c1)[nH]c1nccc(-c3nc(N4CCNCC4)c4c(C5CC5)cncc4n3)c12. The van der Waals surface area contributed by atoms with Crippen LogP contribution in [0.3, 0.4) is 0 Å². The number of fused-ring (bicyclic) bond motifs is 4. The summed E-state index contributed by atoms with van der Waals surface area (Å²) >= 11 is 0. The van der Waals surface area contributed by atoms with Gasteiger partial charge in [-0.3, -0.25) is 4.98 Å². The van der Waals surface area contributed by atoms with Crippen molar-refractivity contribution >= 4 is 44.6 Å². The fraction of sp³-hybridized carbons (Fsp3) is 0.296. The second-order valence-corrected chi connectivity index (χ2v) is 9.56. The van der Waals surface area contributed by atoms with Crippen molar-refractivity contribution in [1.82, 2.24) is 30.2 Å². The summed E-state index contributed by atoms with van der Waals surface area (Å²) in [4.78, 5) is 34.2. The number of nitrogens with zero attached hydrogens (tertiary/aromatic N) is 5. The van der Waals surface area contributed by atoms with Gasteiger partial charge >= 0.3 is 12.1 Å². The number of hydrogen-bond acceptors (Lipinski definition) is 7. The van der Waals surface area contributed by atoms with E-state index in [0.717, 1.165) is 70.8 Å². The number of alkyl halides is 3. The first-order chi connectivity index (χ1) is 18.8. The van der Waals surface area contributed by atoms with Crippen LogP contribution in [-0.2, 0) is 4.79 Å². The lowest BCUT2D eigenvalue weighted by molar-refractivity contribution is -0.192. The Balaban J connectivity index is 0.000000353. The molecule has 0 bridgehead atoms. The molecule has 1 saturated carbocycles. The van der Waals surface area contributed by atoms with Gasteiger partial charge in [-0.15, -0.1) is 0 Å².